The predicted molar refractivity (Wildman–Crippen MR) is 79.2 cm³/mol. The summed E-state index contributed by atoms with van der Waals surface area (Å²) in [4.78, 5) is 0. The molecule has 0 bridgehead atoms. The molecule has 94 valence electrons. The molecule has 0 spiro atoms. The topological polar surface area (TPSA) is 24.1 Å². The average Bonchev–Trinajstić information content (AvgIpc) is 3.11. The van der Waals surface area contributed by atoms with Gasteiger partial charge in [-0.2, -0.15) is 0 Å². The normalized spacial score (nSPS) is 15.2. The summed E-state index contributed by atoms with van der Waals surface area (Å²) in [6, 6.07) is 7.11. The van der Waals surface area contributed by atoms with E-state index in [4.69, 9.17) is 0 Å². The molecule has 1 fully saturated rings. The van der Waals surface area contributed by atoms with E-state index in [1.54, 1.807) is 0 Å². The fourth-order valence-electron chi connectivity index (χ4n) is 1.71. The molecule has 1 aliphatic rings. The lowest BCUT2D eigenvalue weighted by Crippen LogP contribution is -2.23. The molecule has 0 saturated heterocycles. The highest BCUT2D eigenvalue weighted by atomic mass is 79.9. The van der Waals surface area contributed by atoms with E-state index in [0.717, 1.165) is 30.1 Å². The van der Waals surface area contributed by atoms with Crippen LogP contribution < -0.4 is 10.6 Å². The summed E-state index contributed by atoms with van der Waals surface area (Å²) in [6.45, 7) is 3.12. The van der Waals surface area contributed by atoms with Crippen LogP contribution in [0.5, 0.6) is 0 Å². The summed E-state index contributed by atoms with van der Waals surface area (Å²) in [5, 5.41) is 6.99. The minimum absolute atomic E-state index is 0.828. The van der Waals surface area contributed by atoms with Crippen LogP contribution in [0.4, 0.5) is 0 Å². The van der Waals surface area contributed by atoms with Crippen molar-refractivity contribution in [2.75, 3.05) is 13.1 Å². The Morgan fingerprint density at radius 2 is 2.00 bits per heavy atom. The second kappa shape index (κ2) is 6.88. The van der Waals surface area contributed by atoms with Gasteiger partial charge < -0.3 is 10.6 Å². The number of benzene rings is 1. The van der Waals surface area contributed by atoms with Gasteiger partial charge in [-0.15, -0.1) is 0 Å². The summed E-state index contributed by atoms with van der Waals surface area (Å²) >= 11 is 7.06. The second-order valence-electron chi connectivity index (χ2n) is 4.49. The molecule has 1 aromatic carbocycles. The molecule has 0 aliphatic heterocycles. The smallest absolute Gasteiger partial charge is 0.0221 e. The highest BCUT2D eigenvalue weighted by Crippen LogP contribution is 2.21. The molecule has 2 rings (SSSR count). The summed E-state index contributed by atoms with van der Waals surface area (Å²) in [5.41, 5.74) is 1.30. The van der Waals surface area contributed by atoms with Crippen molar-refractivity contribution in [3.05, 3.63) is 32.7 Å². The van der Waals surface area contributed by atoms with Crippen LogP contribution in [0.3, 0.4) is 0 Å². The first kappa shape index (κ1) is 13.5. The molecule has 0 unspecified atom stereocenters. The zero-order valence-corrected chi connectivity index (χ0v) is 13.0. The van der Waals surface area contributed by atoms with E-state index < -0.39 is 0 Å². The van der Waals surface area contributed by atoms with Crippen molar-refractivity contribution in [3.63, 3.8) is 0 Å². The molecule has 2 nitrogen and oxygen atoms in total. The van der Waals surface area contributed by atoms with Crippen molar-refractivity contribution < 1.29 is 0 Å². The SMILES string of the molecule is Brc1ccc(Br)c(CNCCCNC2CC2)c1. The number of hydrogen-bond donors (Lipinski definition) is 2. The molecule has 0 aromatic heterocycles. The van der Waals surface area contributed by atoms with Gasteiger partial charge in [0.15, 0.2) is 0 Å². The predicted octanol–water partition coefficient (Wildman–Crippen LogP) is 3.44. The molecule has 4 heteroatoms. The molecule has 0 amide bonds. The van der Waals surface area contributed by atoms with Gasteiger partial charge in [0.1, 0.15) is 0 Å². The molecule has 0 heterocycles. The summed E-state index contributed by atoms with van der Waals surface area (Å²) in [6.07, 6.45) is 3.94. The van der Waals surface area contributed by atoms with Gasteiger partial charge in [-0.1, -0.05) is 31.9 Å². The van der Waals surface area contributed by atoms with E-state index in [2.05, 4.69) is 54.6 Å². The molecule has 1 aliphatic carbocycles. The molecule has 0 atom stereocenters. The van der Waals surface area contributed by atoms with E-state index in [0.29, 0.717) is 0 Å². The molecule has 2 N–H and O–H groups in total. The Kier molecular flexibility index (Phi) is 5.48. The number of hydrogen-bond acceptors (Lipinski definition) is 2. The van der Waals surface area contributed by atoms with Gasteiger partial charge in [0.2, 0.25) is 0 Å². The fraction of sp³-hybridized carbons (Fsp3) is 0.538. The van der Waals surface area contributed by atoms with Crippen molar-refractivity contribution in [3.8, 4) is 0 Å². The van der Waals surface area contributed by atoms with Gasteiger partial charge in [0, 0.05) is 21.5 Å². The average molecular weight is 362 g/mol. The van der Waals surface area contributed by atoms with Crippen LogP contribution >= 0.6 is 31.9 Å². The van der Waals surface area contributed by atoms with Gasteiger partial charge in [-0.05, 0) is 56.1 Å². The monoisotopic (exact) mass is 360 g/mol. The summed E-state index contributed by atoms with van der Waals surface area (Å²) < 4.78 is 2.30. The first-order valence-electron chi connectivity index (χ1n) is 6.14. The van der Waals surface area contributed by atoms with E-state index in [1.165, 1.54) is 29.3 Å². The molecule has 1 saturated carbocycles. The fourth-order valence-corrected chi connectivity index (χ4v) is 2.50. The quantitative estimate of drug-likeness (QED) is 0.727. The molecule has 0 radical (unpaired) electrons. The van der Waals surface area contributed by atoms with Crippen LogP contribution in [0.1, 0.15) is 24.8 Å². The Balaban J connectivity index is 1.61. The van der Waals surface area contributed by atoms with Gasteiger partial charge in [-0.3, -0.25) is 0 Å². The Hall–Kier alpha value is 0.1000. The first-order valence-corrected chi connectivity index (χ1v) is 7.72. The van der Waals surface area contributed by atoms with Crippen LogP contribution in [0.2, 0.25) is 0 Å². The lowest BCUT2D eigenvalue weighted by molar-refractivity contribution is 0.592. The van der Waals surface area contributed by atoms with E-state index >= 15 is 0 Å². The van der Waals surface area contributed by atoms with Gasteiger partial charge in [-0.25, -0.2) is 0 Å². The standard InChI is InChI=1S/C13H18Br2N2/c14-11-2-5-13(15)10(8-11)9-16-6-1-7-17-12-3-4-12/h2,5,8,12,16-17H,1,3-4,6-7,9H2. The van der Waals surface area contributed by atoms with E-state index in [9.17, 15) is 0 Å². The largest absolute Gasteiger partial charge is 0.314 e. The Morgan fingerprint density at radius 3 is 2.76 bits per heavy atom. The Bertz CT molecular complexity index is 364. The zero-order chi connectivity index (χ0) is 12.1. The second-order valence-corrected chi connectivity index (χ2v) is 6.26. The van der Waals surface area contributed by atoms with Crippen molar-refractivity contribution >= 4 is 31.9 Å². The minimum atomic E-state index is 0.828. The van der Waals surface area contributed by atoms with Crippen molar-refractivity contribution in [2.24, 2.45) is 0 Å². The van der Waals surface area contributed by atoms with Crippen molar-refractivity contribution in [1.29, 1.82) is 0 Å². The maximum absolute atomic E-state index is 3.57. The molecular weight excluding hydrogens is 344 g/mol. The number of halogens is 2. The number of nitrogens with one attached hydrogen (secondary N) is 2. The van der Waals surface area contributed by atoms with E-state index in [-0.39, 0.29) is 0 Å². The van der Waals surface area contributed by atoms with Crippen LogP contribution in [0, 0.1) is 0 Å². The minimum Gasteiger partial charge on any atom is -0.314 e. The van der Waals surface area contributed by atoms with Crippen LogP contribution in [0.15, 0.2) is 27.1 Å². The zero-order valence-electron chi connectivity index (χ0n) is 9.81. The lowest BCUT2D eigenvalue weighted by atomic mass is 10.2. The maximum atomic E-state index is 3.57. The first-order chi connectivity index (χ1) is 8.25. The van der Waals surface area contributed by atoms with Crippen LogP contribution in [-0.2, 0) is 6.54 Å². The number of rotatable bonds is 7. The van der Waals surface area contributed by atoms with Gasteiger partial charge >= 0.3 is 0 Å². The third-order valence-corrected chi connectivity index (χ3v) is 4.13. The third-order valence-electron chi connectivity index (χ3n) is 2.86. The van der Waals surface area contributed by atoms with Gasteiger partial charge in [0.05, 0.1) is 0 Å². The highest BCUT2D eigenvalue weighted by Gasteiger charge is 2.19. The Morgan fingerprint density at radius 1 is 1.18 bits per heavy atom. The molecule has 1 aromatic rings. The maximum Gasteiger partial charge on any atom is 0.0221 e. The third kappa shape index (κ3) is 5.08. The highest BCUT2D eigenvalue weighted by molar-refractivity contribution is 9.11. The van der Waals surface area contributed by atoms with Crippen molar-refractivity contribution in [1.82, 2.24) is 10.6 Å². The molecular formula is C13H18Br2N2. The summed E-state index contributed by atoms with van der Waals surface area (Å²) in [7, 11) is 0. The summed E-state index contributed by atoms with van der Waals surface area (Å²) in [5.74, 6) is 0. The lowest BCUT2D eigenvalue weighted by Gasteiger charge is -2.08. The van der Waals surface area contributed by atoms with E-state index in [1.807, 2.05) is 6.07 Å². The molecule has 17 heavy (non-hydrogen) atoms. The van der Waals surface area contributed by atoms with Crippen LogP contribution in [-0.4, -0.2) is 19.1 Å². The Labute approximate surface area is 120 Å². The van der Waals surface area contributed by atoms with Crippen molar-refractivity contribution in [2.45, 2.75) is 31.8 Å². The van der Waals surface area contributed by atoms with Crippen LogP contribution in [0.25, 0.3) is 0 Å². The van der Waals surface area contributed by atoms with Gasteiger partial charge in [0.25, 0.3) is 0 Å².